The van der Waals surface area contributed by atoms with E-state index >= 15 is 0 Å². The number of amides is 1. The molecule has 0 saturated heterocycles. The Hall–Kier alpha value is -1.20. The van der Waals surface area contributed by atoms with Gasteiger partial charge in [0.1, 0.15) is 10.6 Å². The summed E-state index contributed by atoms with van der Waals surface area (Å²) >= 11 is 6.89. The molecule has 0 heterocycles. The minimum atomic E-state index is -0.435. The Morgan fingerprint density at radius 2 is 1.60 bits per heavy atom. The van der Waals surface area contributed by atoms with Crippen LogP contribution in [0.1, 0.15) is 10.4 Å². The van der Waals surface area contributed by atoms with Gasteiger partial charge >= 0.3 is 0 Å². The molecule has 0 saturated carbocycles. The molecule has 2 rings (SSSR count). The second-order valence-corrected chi connectivity index (χ2v) is 6.18. The van der Waals surface area contributed by atoms with E-state index in [2.05, 4.69) is 37.2 Å². The van der Waals surface area contributed by atoms with Gasteiger partial charge in [-0.1, -0.05) is 62.2 Å². The first-order chi connectivity index (χ1) is 9.58. The quantitative estimate of drug-likeness (QED) is 0.742. The molecule has 0 aliphatic rings. The highest BCUT2D eigenvalue weighted by Crippen LogP contribution is 2.31. The zero-order chi connectivity index (χ0) is 14.5. The van der Waals surface area contributed by atoms with Crippen molar-refractivity contribution < 1.29 is 9.18 Å². The second kappa shape index (κ2) is 6.99. The normalized spacial score (nSPS) is 13.6. The smallest absolute Gasteiger partial charge is 0.239 e. The van der Waals surface area contributed by atoms with E-state index in [0.717, 1.165) is 5.56 Å². The molecular weight excluding hydrogens is 389 g/mol. The summed E-state index contributed by atoms with van der Waals surface area (Å²) in [5.41, 5.74) is 1.57. The lowest BCUT2D eigenvalue weighted by atomic mass is 10.1. The Kier molecular flexibility index (Phi) is 5.31. The molecule has 0 radical (unpaired) electrons. The summed E-state index contributed by atoms with van der Waals surface area (Å²) in [4.78, 5) is 11.5. The standard InChI is InChI=1S/C15H12Br2FNO/c16-13(10-4-2-1-3-5-10)14(17)15(20)19-12-8-6-11(18)7-9-12/h1-9,13-14H,(H,19,20)/t13-,14-/m1/s1. The SMILES string of the molecule is O=C(Nc1ccc(F)cc1)[C@H](Br)[C@H](Br)c1ccccc1. The molecule has 0 spiro atoms. The highest BCUT2D eigenvalue weighted by molar-refractivity contribution is 9.12. The Morgan fingerprint density at radius 3 is 2.20 bits per heavy atom. The van der Waals surface area contributed by atoms with Crippen LogP contribution in [0, 0.1) is 5.82 Å². The highest BCUT2D eigenvalue weighted by atomic mass is 79.9. The lowest BCUT2D eigenvalue weighted by Gasteiger charge is -2.17. The zero-order valence-corrected chi connectivity index (χ0v) is 13.6. The fourth-order valence-electron chi connectivity index (χ4n) is 1.68. The molecule has 2 aromatic rings. The van der Waals surface area contributed by atoms with Gasteiger partial charge in [-0.25, -0.2) is 4.39 Å². The second-order valence-electron chi connectivity index (χ2n) is 4.21. The van der Waals surface area contributed by atoms with Gasteiger partial charge in [0.05, 0.1) is 4.83 Å². The number of halogens is 3. The average Bonchev–Trinajstić information content (AvgIpc) is 2.49. The lowest BCUT2D eigenvalue weighted by molar-refractivity contribution is -0.115. The first-order valence-electron chi connectivity index (χ1n) is 5.97. The third kappa shape index (κ3) is 3.90. The molecule has 2 aromatic carbocycles. The van der Waals surface area contributed by atoms with Crippen molar-refractivity contribution in [3.05, 3.63) is 66.0 Å². The summed E-state index contributed by atoms with van der Waals surface area (Å²) in [6.07, 6.45) is 0. The fourth-order valence-corrected chi connectivity index (χ4v) is 2.65. The van der Waals surface area contributed by atoms with Crippen LogP contribution in [0.3, 0.4) is 0 Å². The zero-order valence-electron chi connectivity index (χ0n) is 10.4. The third-order valence-corrected chi connectivity index (χ3v) is 5.45. The van der Waals surface area contributed by atoms with Crippen LogP contribution in [0.2, 0.25) is 0 Å². The maximum Gasteiger partial charge on any atom is 0.239 e. The van der Waals surface area contributed by atoms with Gasteiger partial charge in [-0.3, -0.25) is 4.79 Å². The van der Waals surface area contributed by atoms with Crippen LogP contribution < -0.4 is 5.32 Å². The molecular formula is C15H12Br2FNO. The molecule has 104 valence electrons. The number of hydrogen-bond acceptors (Lipinski definition) is 1. The molecule has 1 amide bonds. The molecule has 0 aliphatic heterocycles. The van der Waals surface area contributed by atoms with Gasteiger partial charge in [0, 0.05) is 5.69 Å². The van der Waals surface area contributed by atoms with Gasteiger partial charge in [-0.15, -0.1) is 0 Å². The number of rotatable bonds is 4. The van der Waals surface area contributed by atoms with Crippen LogP contribution in [-0.2, 0) is 4.79 Å². The van der Waals surface area contributed by atoms with Crippen LogP contribution in [0.15, 0.2) is 54.6 Å². The Morgan fingerprint density at radius 1 is 1.00 bits per heavy atom. The molecule has 0 aromatic heterocycles. The van der Waals surface area contributed by atoms with Crippen LogP contribution >= 0.6 is 31.9 Å². The maximum atomic E-state index is 12.8. The Bertz CT molecular complexity index is 574. The average molecular weight is 401 g/mol. The van der Waals surface area contributed by atoms with Crippen molar-refractivity contribution in [1.29, 1.82) is 0 Å². The van der Waals surface area contributed by atoms with Crippen molar-refractivity contribution in [2.45, 2.75) is 9.65 Å². The Labute approximate surface area is 133 Å². The first kappa shape index (κ1) is 15.2. The van der Waals surface area contributed by atoms with Gasteiger partial charge < -0.3 is 5.32 Å². The molecule has 2 nitrogen and oxygen atoms in total. The first-order valence-corrected chi connectivity index (χ1v) is 7.80. The van der Waals surface area contributed by atoms with Crippen LogP contribution in [-0.4, -0.2) is 10.7 Å². The molecule has 0 bridgehead atoms. The van der Waals surface area contributed by atoms with E-state index in [0.29, 0.717) is 5.69 Å². The highest BCUT2D eigenvalue weighted by Gasteiger charge is 2.24. The topological polar surface area (TPSA) is 29.1 Å². The van der Waals surface area contributed by atoms with E-state index in [1.165, 1.54) is 24.3 Å². The molecule has 1 N–H and O–H groups in total. The summed E-state index contributed by atoms with van der Waals surface area (Å²) in [5, 5.41) is 2.74. The van der Waals surface area contributed by atoms with Crippen LogP contribution in [0.25, 0.3) is 0 Å². The van der Waals surface area contributed by atoms with Gasteiger partial charge in [0.25, 0.3) is 0 Å². The minimum Gasteiger partial charge on any atom is -0.325 e. The van der Waals surface area contributed by atoms with Gasteiger partial charge in [0.2, 0.25) is 5.91 Å². The summed E-state index contributed by atoms with van der Waals surface area (Å²) in [7, 11) is 0. The summed E-state index contributed by atoms with van der Waals surface area (Å²) < 4.78 is 12.8. The number of alkyl halides is 2. The van der Waals surface area contributed by atoms with Crippen molar-refractivity contribution in [2.24, 2.45) is 0 Å². The fraction of sp³-hybridized carbons (Fsp3) is 0.133. The Balaban J connectivity index is 2.03. The monoisotopic (exact) mass is 399 g/mol. The van der Waals surface area contributed by atoms with E-state index in [9.17, 15) is 9.18 Å². The molecule has 20 heavy (non-hydrogen) atoms. The van der Waals surface area contributed by atoms with Crippen molar-refractivity contribution in [2.75, 3.05) is 5.32 Å². The number of carbonyl (C=O) groups is 1. The summed E-state index contributed by atoms with van der Waals surface area (Å²) in [5.74, 6) is -0.525. The predicted molar refractivity (Wildman–Crippen MR) is 85.9 cm³/mol. The van der Waals surface area contributed by atoms with E-state index in [1.807, 2.05) is 30.3 Å². The van der Waals surface area contributed by atoms with Gasteiger partial charge in [-0.05, 0) is 29.8 Å². The minimum absolute atomic E-state index is 0.149. The number of anilines is 1. The number of nitrogens with one attached hydrogen (secondary N) is 1. The van der Waals surface area contributed by atoms with Crippen LogP contribution in [0.5, 0.6) is 0 Å². The van der Waals surface area contributed by atoms with Gasteiger partial charge in [-0.2, -0.15) is 0 Å². The van der Waals surface area contributed by atoms with E-state index in [1.54, 1.807) is 0 Å². The van der Waals surface area contributed by atoms with Crippen molar-refractivity contribution in [1.82, 2.24) is 0 Å². The van der Waals surface area contributed by atoms with E-state index < -0.39 is 4.83 Å². The molecule has 0 unspecified atom stereocenters. The van der Waals surface area contributed by atoms with Crippen molar-refractivity contribution >= 4 is 43.5 Å². The lowest BCUT2D eigenvalue weighted by Crippen LogP contribution is -2.26. The van der Waals surface area contributed by atoms with Crippen LogP contribution in [0.4, 0.5) is 10.1 Å². The number of benzene rings is 2. The van der Waals surface area contributed by atoms with E-state index in [-0.39, 0.29) is 16.6 Å². The number of carbonyl (C=O) groups excluding carboxylic acids is 1. The number of hydrogen-bond donors (Lipinski definition) is 1. The third-order valence-electron chi connectivity index (χ3n) is 2.74. The maximum absolute atomic E-state index is 12.8. The molecule has 0 aliphatic carbocycles. The van der Waals surface area contributed by atoms with Gasteiger partial charge in [0.15, 0.2) is 0 Å². The summed E-state index contributed by atoms with van der Waals surface area (Å²) in [6, 6.07) is 15.3. The van der Waals surface area contributed by atoms with Crippen molar-refractivity contribution in [3.63, 3.8) is 0 Å². The van der Waals surface area contributed by atoms with E-state index in [4.69, 9.17) is 0 Å². The molecule has 2 atom stereocenters. The molecule has 0 fully saturated rings. The molecule has 5 heteroatoms. The predicted octanol–water partition coefficient (Wildman–Crippen LogP) is 4.66. The largest absolute Gasteiger partial charge is 0.325 e. The summed E-state index contributed by atoms with van der Waals surface area (Å²) in [6.45, 7) is 0. The van der Waals surface area contributed by atoms with Crippen molar-refractivity contribution in [3.8, 4) is 0 Å².